The normalized spacial score (nSPS) is 17.7. The van der Waals surface area contributed by atoms with Crippen LogP contribution in [0, 0.1) is 5.82 Å². The molecule has 1 aliphatic carbocycles. The quantitative estimate of drug-likeness (QED) is 0.897. The molecule has 0 aliphatic heterocycles. The molecule has 1 fully saturated rings. The largest absolute Gasteiger partial charge is 0.496 e. The van der Waals surface area contributed by atoms with Crippen LogP contribution in [0.3, 0.4) is 0 Å². The van der Waals surface area contributed by atoms with Crippen LogP contribution in [0.15, 0.2) is 18.2 Å². The van der Waals surface area contributed by atoms with Gasteiger partial charge in [-0.3, -0.25) is 4.79 Å². The van der Waals surface area contributed by atoms with Crippen LogP contribution in [0.25, 0.3) is 0 Å². The van der Waals surface area contributed by atoms with Crippen LogP contribution >= 0.6 is 12.4 Å². The van der Waals surface area contributed by atoms with Gasteiger partial charge in [0.05, 0.1) is 24.3 Å². The number of amides is 1. The van der Waals surface area contributed by atoms with Crippen molar-refractivity contribution in [2.75, 3.05) is 7.11 Å². The minimum atomic E-state index is -0.813. The fraction of sp³-hybridized carbons (Fsp3) is 0.533. The number of rotatable bonds is 4. The van der Waals surface area contributed by atoms with Crippen LogP contribution in [-0.2, 0) is 4.79 Å². The molecule has 2 rings (SSSR count). The molecule has 0 bridgehead atoms. The molecule has 0 spiro atoms. The number of methoxy groups -OCH3 is 1. The van der Waals surface area contributed by atoms with E-state index in [9.17, 15) is 9.18 Å². The summed E-state index contributed by atoms with van der Waals surface area (Å²) >= 11 is 0. The molecule has 1 aliphatic rings. The highest BCUT2D eigenvalue weighted by Gasteiger charge is 2.37. The number of halogens is 2. The summed E-state index contributed by atoms with van der Waals surface area (Å²) in [5.74, 6) is -0.183. The molecule has 0 aromatic heterocycles. The molecule has 6 heteroatoms. The van der Waals surface area contributed by atoms with Gasteiger partial charge in [-0.2, -0.15) is 0 Å². The van der Waals surface area contributed by atoms with E-state index in [4.69, 9.17) is 10.5 Å². The van der Waals surface area contributed by atoms with Gasteiger partial charge in [-0.05, 0) is 31.9 Å². The topological polar surface area (TPSA) is 64.3 Å². The summed E-state index contributed by atoms with van der Waals surface area (Å²) in [6, 6.07) is 4.12. The van der Waals surface area contributed by atoms with Gasteiger partial charge in [0.2, 0.25) is 5.91 Å². The lowest BCUT2D eigenvalue weighted by Crippen LogP contribution is -2.52. The SMILES string of the molecule is COc1cccc(F)c1C(C)NC(=O)C1(N)CCCC1.Cl. The summed E-state index contributed by atoms with van der Waals surface area (Å²) in [5.41, 5.74) is 5.64. The van der Waals surface area contributed by atoms with Gasteiger partial charge in [-0.15, -0.1) is 12.4 Å². The molecule has 1 aromatic rings. The van der Waals surface area contributed by atoms with Gasteiger partial charge in [0.25, 0.3) is 0 Å². The summed E-state index contributed by atoms with van der Waals surface area (Å²) in [4.78, 5) is 12.3. The third kappa shape index (κ3) is 3.66. The van der Waals surface area contributed by atoms with Crippen LogP contribution in [0.1, 0.15) is 44.2 Å². The molecule has 3 N–H and O–H groups in total. The lowest BCUT2D eigenvalue weighted by molar-refractivity contribution is -0.126. The summed E-state index contributed by atoms with van der Waals surface area (Å²) in [6.07, 6.45) is 3.28. The molecular formula is C15H22ClFN2O2. The number of benzene rings is 1. The van der Waals surface area contributed by atoms with Crippen LogP contribution in [0.5, 0.6) is 5.75 Å². The van der Waals surface area contributed by atoms with Crippen LogP contribution in [-0.4, -0.2) is 18.6 Å². The third-order valence-electron chi connectivity index (χ3n) is 3.96. The number of carbonyl (C=O) groups is 1. The maximum Gasteiger partial charge on any atom is 0.240 e. The lowest BCUT2D eigenvalue weighted by Gasteiger charge is -2.26. The highest BCUT2D eigenvalue weighted by molar-refractivity contribution is 5.86. The van der Waals surface area contributed by atoms with Crippen molar-refractivity contribution in [3.05, 3.63) is 29.6 Å². The van der Waals surface area contributed by atoms with Crippen molar-refractivity contribution in [2.24, 2.45) is 5.73 Å². The summed E-state index contributed by atoms with van der Waals surface area (Å²) in [6.45, 7) is 1.73. The Bertz CT molecular complexity index is 504. The van der Waals surface area contributed by atoms with E-state index in [0.717, 1.165) is 12.8 Å². The van der Waals surface area contributed by atoms with Crippen molar-refractivity contribution in [1.82, 2.24) is 5.32 Å². The Morgan fingerprint density at radius 2 is 2.05 bits per heavy atom. The highest BCUT2D eigenvalue weighted by atomic mass is 35.5. The molecule has 4 nitrogen and oxygen atoms in total. The second-order valence-electron chi connectivity index (χ2n) is 5.41. The minimum absolute atomic E-state index is 0. The number of nitrogens with one attached hydrogen (secondary N) is 1. The Morgan fingerprint density at radius 3 is 2.62 bits per heavy atom. The standard InChI is InChI=1S/C15H21FN2O2.ClH/c1-10(13-11(16)6-5-7-12(13)20-2)18-14(19)15(17)8-3-4-9-15;/h5-7,10H,3-4,8-9,17H2,1-2H3,(H,18,19);1H. The number of nitrogens with two attached hydrogens (primary N) is 1. The first-order valence-corrected chi connectivity index (χ1v) is 6.90. The van der Waals surface area contributed by atoms with E-state index in [1.807, 2.05) is 0 Å². The van der Waals surface area contributed by atoms with Crippen molar-refractivity contribution >= 4 is 18.3 Å². The molecule has 1 unspecified atom stereocenters. The van der Waals surface area contributed by atoms with Crippen molar-refractivity contribution in [2.45, 2.75) is 44.2 Å². The van der Waals surface area contributed by atoms with Crippen LogP contribution < -0.4 is 15.8 Å². The fourth-order valence-electron chi connectivity index (χ4n) is 2.76. The second kappa shape index (κ2) is 7.09. The summed E-state index contributed by atoms with van der Waals surface area (Å²) in [5, 5.41) is 2.81. The lowest BCUT2D eigenvalue weighted by atomic mass is 9.96. The number of ether oxygens (including phenoxy) is 1. The van der Waals surface area contributed by atoms with Crippen molar-refractivity contribution in [3.63, 3.8) is 0 Å². The van der Waals surface area contributed by atoms with E-state index in [1.165, 1.54) is 13.2 Å². The van der Waals surface area contributed by atoms with E-state index >= 15 is 0 Å². The second-order valence-corrected chi connectivity index (χ2v) is 5.41. The van der Waals surface area contributed by atoms with E-state index in [1.54, 1.807) is 19.1 Å². The van der Waals surface area contributed by atoms with Gasteiger partial charge in [0.1, 0.15) is 11.6 Å². The molecular weight excluding hydrogens is 295 g/mol. The third-order valence-corrected chi connectivity index (χ3v) is 3.96. The van der Waals surface area contributed by atoms with E-state index in [2.05, 4.69) is 5.32 Å². The van der Waals surface area contributed by atoms with Crippen molar-refractivity contribution in [3.8, 4) is 5.75 Å². The molecule has 118 valence electrons. The number of hydrogen-bond acceptors (Lipinski definition) is 3. The van der Waals surface area contributed by atoms with E-state index in [0.29, 0.717) is 24.2 Å². The Kier molecular flexibility index (Phi) is 5.98. The average Bonchev–Trinajstić information content (AvgIpc) is 2.86. The Labute approximate surface area is 130 Å². The van der Waals surface area contributed by atoms with E-state index in [-0.39, 0.29) is 18.3 Å². The number of hydrogen-bond donors (Lipinski definition) is 2. The van der Waals surface area contributed by atoms with Gasteiger partial charge in [-0.1, -0.05) is 18.9 Å². The highest BCUT2D eigenvalue weighted by Crippen LogP contribution is 2.31. The minimum Gasteiger partial charge on any atom is -0.496 e. The summed E-state index contributed by atoms with van der Waals surface area (Å²) < 4.78 is 19.1. The van der Waals surface area contributed by atoms with Crippen molar-refractivity contribution in [1.29, 1.82) is 0 Å². The Hall–Kier alpha value is -1.33. The van der Waals surface area contributed by atoms with Crippen LogP contribution in [0.2, 0.25) is 0 Å². The average molecular weight is 317 g/mol. The predicted octanol–water partition coefficient (Wildman–Crippen LogP) is 2.70. The van der Waals surface area contributed by atoms with Gasteiger partial charge >= 0.3 is 0 Å². The summed E-state index contributed by atoms with van der Waals surface area (Å²) in [7, 11) is 1.48. The first-order valence-electron chi connectivity index (χ1n) is 6.90. The molecule has 1 aromatic carbocycles. The van der Waals surface area contributed by atoms with Crippen LogP contribution in [0.4, 0.5) is 4.39 Å². The zero-order valence-corrected chi connectivity index (χ0v) is 13.1. The number of carbonyl (C=O) groups excluding carboxylic acids is 1. The van der Waals surface area contributed by atoms with Gasteiger partial charge in [0, 0.05) is 0 Å². The van der Waals surface area contributed by atoms with Gasteiger partial charge in [-0.25, -0.2) is 4.39 Å². The zero-order valence-electron chi connectivity index (χ0n) is 12.3. The molecule has 1 atom stereocenters. The van der Waals surface area contributed by atoms with E-state index < -0.39 is 17.4 Å². The fourth-order valence-corrected chi connectivity index (χ4v) is 2.76. The first kappa shape index (κ1) is 17.7. The van der Waals surface area contributed by atoms with Crippen molar-refractivity contribution < 1.29 is 13.9 Å². The molecule has 0 heterocycles. The Balaban J connectivity index is 0.00000220. The molecule has 1 saturated carbocycles. The monoisotopic (exact) mass is 316 g/mol. The molecule has 21 heavy (non-hydrogen) atoms. The maximum absolute atomic E-state index is 13.9. The van der Waals surface area contributed by atoms with Gasteiger partial charge in [0.15, 0.2) is 0 Å². The predicted molar refractivity (Wildman–Crippen MR) is 82.1 cm³/mol. The Morgan fingerprint density at radius 1 is 1.43 bits per heavy atom. The first-order chi connectivity index (χ1) is 9.48. The smallest absolute Gasteiger partial charge is 0.240 e. The molecule has 1 amide bonds. The molecule has 0 saturated heterocycles. The maximum atomic E-state index is 13.9. The molecule has 0 radical (unpaired) electrons. The zero-order chi connectivity index (χ0) is 14.8. The van der Waals surface area contributed by atoms with Gasteiger partial charge < -0.3 is 15.8 Å².